The number of ether oxygens (including phenoxy) is 2. The van der Waals surface area contributed by atoms with Gasteiger partial charge in [-0.2, -0.15) is 0 Å². The molecule has 2 aromatic rings. The second-order valence-electron chi connectivity index (χ2n) is 3.89. The molecule has 0 amide bonds. The molecule has 18 heavy (non-hydrogen) atoms. The van der Waals surface area contributed by atoms with Gasteiger partial charge >= 0.3 is 0 Å². The van der Waals surface area contributed by atoms with Crippen molar-refractivity contribution in [2.45, 2.75) is 13.8 Å². The summed E-state index contributed by atoms with van der Waals surface area (Å²) < 4.78 is 11.1. The first-order chi connectivity index (χ1) is 8.78. The summed E-state index contributed by atoms with van der Waals surface area (Å²) in [5.41, 5.74) is 0.661. The fourth-order valence-corrected chi connectivity index (χ4v) is 1.88. The van der Waals surface area contributed by atoms with Crippen molar-refractivity contribution in [1.29, 1.82) is 0 Å². The summed E-state index contributed by atoms with van der Waals surface area (Å²) in [6, 6.07) is 9.42. The number of carbonyl (C=O) groups excluding carboxylic acids is 1. The third kappa shape index (κ3) is 2.45. The molecule has 2 aromatic carbocycles. The van der Waals surface area contributed by atoms with Gasteiger partial charge in [0.2, 0.25) is 0 Å². The summed E-state index contributed by atoms with van der Waals surface area (Å²) in [6.07, 6.45) is 0.843. The quantitative estimate of drug-likeness (QED) is 0.756. The molecule has 0 atom stereocenters. The molecule has 0 fully saturated rings. The minimum atomic E-state index is 0.582. The SMILES string of the molecule is CCOc1cc2ccc(C=O)cc2cc1OCC. The molecular weight excluding hydrogens is 228 g/mol. The number of aldehydes is 1. The lowest BCUT2D eigenvalue weighted by molar-refractivity contribution is 0.112. The van der Waals surface area contributed by atoms with E-state index in [0.29, 0.717) is 18.8 Å². The van der Waals surface area contributed by atoms with Gasteiger partial charge in [-0.15, -0.1) is 0 Å². The van der Waals surface area contributed by atoms with Crippen LogP contribution < -0.4 is 9.47 Å². The molecule has 0 unspecified atom stereocenters. The maximum atomic E-state index is 10.8. The van der Waals surface area contributed by atoms with E-state index in [2.05, 4.69) is 0 Å². The fourth-order valence-electron chi connectivity index (χ4n) is 1.88. The molecule has 0 bridgehead atoms. The monoisotopic (exact) mass is 244 g/mol. The molecule has 0 saturated carbocycles. The first-order valence-corrected chi connectivity index (χ1v) is 6.07. The van der Waals surface area contributed by atoms with Gasteiger partial charge in [0.05, 0.1) is 13.2 Å². The Balaban J connectivity index is 2.55. The van der Waals surface area contributed by atoms with Crippen LogP contribution in [0.5, 0.6) is 11.5 Å². The van der Waals surface area contributed by atoms with Gasteiger partial charge in [-0.1, -0.05) is 12.1 Å². The molecule has 0 spiro atoms. The van der Waals surface area contributed by atoms with Gasteiger partial charge in [-0.05, 0) is 42.8 Å². The third-order valence-corrected chi connectivity index (χ3v) is 2.66. The lowest BCUT2D eigenvalue weighted by Crippen LogP contribution is -1.98. The van der Waals surface area contributed by atoms with Crippen molar-refractivity contribution in [2.75, 3.05) is 13.2 Å². The van der Waals surface area contributed by atoms with Crippen LogP contribution >= 0.6 is 0 Å². The van der Waals surface area contributed by atoms with Crippen molar-refractivity contribution in [1.82, 2.24) is 0 Å². The van der Waals surface area contributed by atoms with Crippen molar-refractivity contribution in [3.8, 4) is 11.5 Å². The molecule has 0 aliphatic heterocycles. The Morgan fingerprint density at radius 3 is 2.11 bits per heavy atom. The van der Waals surface area contributed by atoms with Crippen molar-refractivity contribution in [3.05, 3.63) is 35.9 Å². The van der Waals surface area contributed by atoms with Crippen LogP contribution in [-0.4, -0.2) is 19.5 Å². The Morgan fingerprint density at radius 2 is 1.56 bits per heavy atom. The Labute approximate surface area is 106 Å². The van der Waals surface area contributed by atoms with Crippen LogP contribution in [0.2, 0.25) is 0 Å². The van der Waals surface area contributed by atoms with Crippen molar-refractivity contribution in [2.24, 2.45) is 0 Å². The fraction of sp³-hybridized carbons (Fsp3) is 0.267. The smallest absolute Gasteiger partial charge is 0.161 e. The van der Waals surface area contributed by atoms with E-state index in [0.717, 1.165) is 28.6 Å². The predicted octanol–water partition coefficient (Wildman–Crippen LogP) is 3.45. The van der Waals surface area contributed by atoms with E-state index < -0.39 is 0 Å². The Morgan fingerprint density at radius 1 is 0.944 bits per heavy atom. The Kier molecular flexibility index (Phi) is 3.82. The zero-order valence-corrected chi connectivity index (χ0v) is 10.6. The first-order valence-electron chi connectivity index (χ1n) is 6.07. The van der Waals surface area contributed by atoms with E-state index in [-0.39, 0.29) is 0 Å². The average Bonchev–Trinajstić information content (AvgIpc) is 2.39. The van der Waals surface area contributed by atoms with Gasteiger partial charge in [0.1, 0.15) is 6.29 Å². The Hall–Kier alpha value is -2.03. The highest BCUT2D eigenvalue weighted by atomic mass is 16.5. The molecule has 94 valence electrons. The number of fused-ring (bicyclic) bond motifs is 1. The predicted molar refractivity (Wildman–Crippen MR) is 71.7 cm³/mol. The molecule has 0 aliphatic rings. The van der Waals surface area contributed by atoms with Gasteiger partial charge in [0, 0.05) is 5.56 Å². The van der Waals surface area contributed by atoms with Crippen LogP contribution in [0.25, 0.3) is 10.8 Å². The molecule has 0 radical (unpaired) electrons. The summed E-state index contributed by atoms with van der Waals surface area (Å²) in [5, 5.41) is 2.01. The minimum Gasteiger partial charge on any atom is -0.490 e. The van der Waals surface area contributed by atoms with Gasteiger partial charge in [-0.25, -0.2) is 0 Å². The van der Waals surface area contributed by atoms with Crippen LogP contribution in [0.1, 0.15) is 24.2 Å². The average molecular weight is 244 g/mol. The molecular formula is C15H16O3. The van der Waals surface area contributed by atoms with Gasteiger partial charge in [-0.3, -0.25) is 4.79 Å². The van der Waals surface area contributed by atoms with Gasteiger partial charge < -0.3 is 9.47 Å². The topological polar surface area (TPSA) is 35.5 Å². The van der Waals surface area contributed by atoms with Crippen LogP contribution in [0, 0.1) is 0 Å². The minimum absolute atomic E-state index is 0.582. The van der Waals surface area contributed by atoms with Crippen molar-refractivity contribution in [3.63, 3.8) is 0 Å². The molecule has 0 aromatic heterocycles. The van der Waals surface area contributed by atoms with Crippen molar-refractivity contribution >= 4 is 17.1 Å². The van der Waals surface area contributed by atoms with Gasteiger partial charge in [0.25, 0.3) is 0 Å². The van der Waals surface area contributed by atoms with E-state index in [9.17, 15) is 4.79 Å². The van der Waals surface area contributed by atoms with Crippen LogP contribution in [0.4, 0.5) is 0 Å². The number of hydrogen-bond donors (Lipinski definition) is 0. The van der Waals surface area contributed by atoms with Crippen LogP contribution in [0.3, 0.4) is 0 Å². The number of hydrogen-bond acceptors (Lipinski definition) is 3. The van der Waals surface area contributed by atoms with E-state index >= 15 is 0 Å². The molecule has 0 heterocycles. The van der Waals surface area contributed by atoms with Crippen LogP contribution in [0.15, 0.2) is 30.3 Å². The lowest BCUT2D eigenvalue weighted by atomic mass is 10.1. The summed E-state index contributed by atoms with van der Waals surface area (Å²) in [5.74, 6) is 1.46. The second kappa shape index (κ2) is 5.54. The summed E-state index contributed by atoms with van der Waals surface area (Å²) in [7, 11) is 0. The normalized spacial score (nSPS) is 10.3. The van der Waals surface area contributed by atoms with Gasteiger partial charge in [0.15, 0.2) is 11.5 Å². The summed E-state index contributed by atoms with van der Waals surface area (Å²) in [6.45, 7) is 5.05. The van der Waals surface area contributed by atoms with Crippen molar-refractivity contribution < 1.29 is 14.3 Å². The molecule has 0 N–H and O–H groups in total. The first kappa shape index (κ1) is 12.4. The number of carbonyl (C=O) groups is 1. The van der Waals surface area contributed by atoms with E-state index in [1.54, 1.807) is 6.07 Å². The highest BCUT2D eigenvalue weighted by Gasteiger charge is 2.07. The maximum absolute atomic E-state index is 10.8. The Bertz CT molecular complexity index is 561. The molecule has 3 nitrogen and oxygen atoms in total. The third-order valence-electron chi connectivity index (χ3n) is 2.66. The molecule has 2 rings (SSSR count). The van der Waals surface area contributed by atoms with E-state index in [4.69, 9.17) is 9.47 Å². The summed E-state index contributed by atoms with van der Waals surface area (Å²) in [4.78, 5) is 10.8. The largest absolute Gasteiger partial charge is 0.490 e. The highest BCUT2D eigenvalue weighted by molar-refractivity contribution is 5.91. The van der Waals surface area contributed by atoms with Crippen LogP contribution in [-0.2, 0) is 0 Å². The van der Waals surface area contributed by atoms with E-state index in [1.807, 2.05) is 38.1 Å². The maximum Gasteiger partial charge on any atom is 0.161 e. The zero-order valence-electron chi connectivity index (χ0n) is 10.6. The standard InChI is InChI=1S/C15H16O3/c1-3-17-14-8-12-6-5-11(10-16)7-13(12)9-15(14)18-4-2/h5-10H,3-4H2,1-2H3. The molecule has 3 heteroatoms. The highest BCUT2D eigenvalue weighted by Crippen LogP contribution is 2.33. The summed E-state index contributed by atoms with van der Waals surface area (Å²) >= 11 is 0. The second-order valence-corrected chi connectivity index (χ2v) is 3.89. The zero-order chi connectivity index (χ0) is 13.0. The number of rotatable bonds is 5. The number of benzene rings is 2. The molecule has 0 aliphatic carbocycles. The lowest BCUT2D eigenvalue weighted by Gasteiger charge is -2.12. The van der Waals surface area contributed by atoms with E-state index in [1.165, 1.54) is 0 Å². The molecule has 0 saturated heterocycles.